The number of nitrogens with one attached hydrogen (secondary N) is 1. The van der Waals surface area contributed by atoms with Crippen molar-refractivity contribution in [3.63, 3.8) is 0 Å². The van der Waals surface area contributed by atoms with Gasteiger partial charge in [0.05, 0.1) is 17.7 Å². The predicted molar refractivity (Wildman–Crippen MR) is 79.6 cm³/mol. The Morgan fingerprint density at radius 3 is 2.73 bits per heavy atom. The molecule has 2 aromatic carbocycles. The Morgan fingerprint density at radius 2 is 2.05 bits per heavy atom. The van der Waals surface area contributed by atoms with E-state index in [1.165, 1.54) is 12.1 Å². The van der Waals surface area contributed by atoms with Crippen LogP contribution in [-0.2, 0) is 4.79 Å². The lowest BCUT2D eigenvalue weighted by molar-refractivity contribution is -0.123. The number of ether oxygens (including phenoxy) is 1. The van der Waals surface area contributed by atoms with Gasteiger partial charge >= 0.3 is 0 Å². The van der Waals surface area contributed by atoms with Crippen molar-refractivity contribution in [3.8, 4) is 11.8 Å². The average Bonchev–Trinajstić information content (AvgIpc) is 2.53. The zero-order valence-electron chi connectivity index (χ0n) is 12.0. The van der Waals surface area contributed by atoms with Crippen molar-refractivity contribution in [1.82, 2.24) is 5.32 Å². The number of hydrogen-bond donors (Lipinski definition) is 1. The molecule has 0 aliphatic heterocycles. The molecule has 0 aromatic heterocycles. The maximum atomic E-state index is 12.9. The molecular weight excluding hydrogens is 283 g/mol. The number of hydrogen-bond acceptors (Lipinski definition) is 3. The maximum absolute atomic E-state index is 12.9. The van der Waals surface area contributed by atoms with E-state index < -0.39 is 0 Å². The molecule has 0 aliphatic carbocycles. The van der Waals surface area contributed by atoms with Crippen molar-refractivity contribution >= 4 is 5.91 Å². The quantitative estimate of drug-likeness (QED) is 0.923. The monoisotopic (exact) mass is 298 g/mol. The van der Waals surface area contributed by atoms with Gasteiger partial charge in [-0.05, 0) is 42.8 Å². The van der Waals surface area contributed by atoms with Crippen molar-refractivity contribution in [2.24, 2.45) is 0 Å². The Hall–Kier alpha value is -2.87. The third kappa shape index (κ3) is 4.32. The second-order valence-electron chi connectivity index (χ2n) is 4.77. The molecule has 1 N–H and O–H groups in total. The number of carbonyl (C=O) groups excluding carboxylic acids is 1. The van der Waals surface area contributed by atoms with Gasteiger partial charge in [0.25, 0.3) is 5.91 Å². The number of rotatable bonds is 5. The lowest BCUT2D eigenvalue weighted by atomic mass is 10.1. The first-order valence-corrected chi connectivity index (χ1v) is 6.76. The zero-order valence-corrected chi connectivity index (χ0v) is 12.0. The first kappa shape index (κ1) is 15.5. The fraction of sp³-hybridized carbons (Fsp3) is 0.176. The summed E-state index contributed by atoms with van der Waals surface area (Å²) in [5.74, 6) is -0.147. The number of nitriles is 1. The largest absolute Gasteiger partial charge is 0.484 e. The molecule has 0 heterocycles. The first-order valence-electron chi connectivity index (χ1n) is 6.76. The molecule has 0 aliphatic rings. The Balaban J connectivity index is 1.87. The second kappa shape index (κ2) is 7.23. The van der Waals surface area contributed by atoms with Crippen LogP contribution in [0.1, 0.15) is 24.1 Å². The fourth-order valence-electron chi connectivity index (χ4n) is 1.92. The number of nitrogens with zero attached hydrogens (tertiary/aromatic N) is 1. The smallest absolute Gasteiger partial charge is 0.258 e. The highest BCUT2D eigenvalue weighted by atomic mass is 19.1. The summed E-state index contributed by atoms with van der Waals surface area (Å²) in [6.07, 6.45) is 0. The molecule has 2 aromatic rings. The standard InChI is InChI=1S/C17H15FN2O2/c1-12(14-5-7-15(18)8-6-14)20-17(21)11-22-16-4-2-3-13(9-16)10-19/h2-9,12H,11H2,1H3,(H,20,21). The minimum atomic E-state index is -0.317. The first-order chi connectivity index (χ1) is 10.6. The van der Waals surface area contributed by atoms with E-state index >= 15 is 0 Å². The summed E-state index contributed by atoms with van der Waals surface area (Å²) in [4.78, 5) is 11.8. The molecule has 1 atom stereocenters. The molecule has 0 spiro atoms. The molecule has 2 rings (SSSR count). The third-order valence-electron chi connectivity index (χ3n) is 3.08. The molecule has 1 amide bonds. The van der Waals surface area contributed by atoms with Crippen LogP contribution in [0.25, 0.3) is 0 Å². The van der Waals surface area contributed by atoms with E-state index in [1.807, 2.05) is 6.07 Å². The molecule has 4 nitrogen and oxygen atoms in total. The number of carbonyl (C=O) groups is 1. The summed E-state index contributed by atoms with van der Waals surface area (Å²) in [6, 6.07) is 14.3. The van der Waals surface area contributed by atoms with Crippen LogP contribution in [0.3, 0.4) is 0 Å². The number of benzene rings is 2. The number of halogens is 1. The van der Waals surface area contributed by atoms with Crippen LogP contribution in [0.15, 0.2) is 48.5 Å². The second-order valence-corrected chi connectivity index (χ2v) is 4.77. The highest BCUT2D eigenvalue weighted by Gasteiger charge is 2.10. The Bertz CT molecular complexity index is 693. The van der Waals surface area contributed by atoms with E-state index in [0.717, 1.165) is 5.56 Å². The van der Waals surface area contributed by atoms with Gasteiger partial charge < -0.3 is 10.1 Å². The molecule has 0 fully saturated rings. The number of amides is 1. The van der Waals surface area contributed by atoms with E-state index in [4.69, 9.17) is 10.00 Å². The van der Waals surface area contributed by atoms with Crippen molar-refractivity contribution in [3.05, 3.63) is 65.5 Å². The Labute approximate surface area is 128 Å². The summed E-state index contributed by atoms with van der Waals surface area (Å²) in [7, 11) is 0. The SMILES string of the molecule is CC(NC(=O)COc1cccc(C#N)c1)c1ccc(F)cc1. The third-order valence-corrected chi connectivity index (χ3v) is 3.08. The van der Waals surface area contributed by atoms with Gasteiger partial charge in [-0.3, -0.25) is 4.79 Å². The lowest BCUT2D eigenvalue weighted by Crippen LogP contribution is -2.31. The van der Waals surface area contributed by atoms with Crippen molar-refractivity contribution in [2.45, 2.75) is 13.0 Å². The molecule has 5 heteroatoms. The zero-order chi connectivity index (χ0) is 15.9. The van der Waals surface area contributed by atoms with Gasteiger partial charge in [-0.1, -0.05) is 18.2 Å². The lowest BCUT2D eigenvalue weighted by Gasteiger charge is -2.14. The van der Waals surface area contributed by atoms with E-state index in [9.17, 15) is 9.18 Å². The molecule has 1 unspecified atom stereocenters. The van der Waals surface area contributed by atoms with Crippen molar-refractivity contribution in [2.75, 3.05) is 6.61 Å². The Morgan fingerprint density at radius 1 is 1.32 bits per heavy atom. The van der Waals surface area contributed by atoms with Crippen LogP contribution < -0.4 is 10.1 Å². The fourth-order valence-corrected chi connectivity index (χ4v) is 1.92. The van der Waals surface area contributed by atoms with Crippen LogP contribution in [0.5, 0.6) is 5.75 Å². The highest BCUT2D eigenvalue weighted by molar-refractivity contribution is 5.78. The van der Waals surface area contributed by atoms with Gasteiger partial charge in [-0.25, -0.2) is 4.39 Å². The van der Waals surface area contributed by atoms with Crippen LogP contribution in [-0.4, -0.2) is 12.5 Å². The predicted octanol–water partition coefficient (Wildman–Crippen LogP) is 2.95. The maximum Gasteiger partial charge on any atom is 0.258 e. The molecule has 112 valence electrons. The topological polar surface area (TPSA) is 62.1 Å². The molecule has 0 saturated heterocycles. The van der Waals surface area contributed by atoms with Crippen LogP contribution >= 0.6 is 0 Å². The molecule has 22 heavy (non-hydrogen) atoms. The minimum absolute atomic E-state index is 0.152. The summed E-state index contributed by atoms with van der Waals surface area (Å²) < 4.78 is 18.2. The summed E-state index contributed by atoms with van der Waals surface area (Å²) >= 11 is 0. The van der Waals surface area contributed by atoms with E-state index in [-0.39, 0.29) is 24.4 Å². The molecule has 0 radical (unpaired) electrons. The summed E-state index contributed by atoms with van der Waals surface area (Å²) in [6.45, 7) is 1.65. The van der Waals surface area contributed by atoms with Crippen LogP contribution in [0.4, 0.5) is 4.39 Å². The summed E-state index contributed by atoms with van der Waals surface area (Å²) in [5.41, 5.74) is 1.28. The van der Waals surface area contributed by atoms with Gasteiger partial charge in [0.1, 0.15) is 11.6 Å². The van der Waals surface area contributed by atoms with Crippen LogP contribution in [0, 0.1) is 17.1 Å². The highest BCUT2D eigenvalue weighted by Crippen LogP contribution is 2.14. The van der Waals surface area contributed by atoms with Crippen LogP contribution in [0.2, 0.25) is 0 Å². The van der Waals surface area contributed by atoms with Crippen molar-refractivity contribution in [1.29, 1.82) is 5.26 Å². The summed E-state index contributed by atoms with van der Waals surface area (Å²) in [5, 5.41) is 11.6. The van der Waals surface area contributed by atoms with E-state index in [0.29, 0.717) is 11.3 Å². The normalized spacial score (nSPS) is 11.3. The van der Waals surface area contributed by atoms with E-state index in [2.05, 4.69) is 5.32 Å². The minimum Gasteiger partial charge on any atom is -0.484 e. The van der Waals surface area contributed by atoms with Gasteiger partial charge in [-0.2, -0.15) is 5.26 Å². The van der Waals surface area contributed by atoms with E-state index in [1.54, 1.807) is 43.3 Å². The Kier molecular flexibility index (Phi) is 5.10. The molecule has 0 saturated carbocycles. The molecular formula is C17H15FN2O2. The average molecular weight is 298 g/mol. The van der Waals surface area contributed by atoms with Gasteiger partial charge in [0, 0.05) is 0 Å². The van der Waals surface area contributed by atoms with Gasteiger partial charge in [-0.15, -0.1) is 0 Å². The van der Waals surface area contributed by atoms with Gasteiger partial charge in [0.2, 0.25) is 0 Å². The van der Waals surface area contributed by atoms with Gasteiger partial charge in [0.15, 0.2) is 6.61 Å². The molecule has 0 bridgehead atoms. The van der Waals surface area contributed by atoms with Crippen molar-refractivity contribution < 1.29 is 13.9 Å².